The van der Waals surface area contributed by atoms with E-state index in [9.17, 15) is 20.2 Å². The van der Waals surface area contributed by atoms with Crippen molar-refractivity contribution in [2.45, 2.75) is 0 Å². The van der Waals surface area contributed by atoms with E-state index < -0.39 is 21.2 Å². The van der Waals surface area contributed by atoms with Crippen molar-refractivity contribution >= 4 is 33.9 Å². The number of nitrogens with zero attached hydrogens (tertiary/aromatic N) is 3. The number of hydrogen-bond acceptors (Lipinski definition) is 6. The number of hydrogen-bond donors (Lipinski definition) is 0. The Morgan fingerprint density at radius 2 is 1.84 bits per heavy atom. The third kappa shape index (κ3) is 2.13. The summed E-state index contributed by atoms with van der Waals surface area (Å²) in [6.07, 6.45) is 0. The van der Waals surface area contributed by atoms with Crippen LogP contribution >= 0.6 is 11.6 Å². The molecule has 19 heavy (non-hydrogen) atoms. The number of nitro groups is 2. The molecule has 1 aromatic heterocycles. The van der Waals surface area contributed by atoms with Gasteiger partial charge in [-0.25, -0.2) is 4.98 Å². The topological polar surface area (TPSA) is 108 Å². The van der Waals surface area contributed by atoms with Crippen LogP contribution in [0.4, 0.5) is 11.4 Å². The number of nitro benzene ring substituents is 2. The minimum absolute atomic E-state index is 0.0177. The predicted molar refractivity (Wildman–Crippen MR) is 66.6 cm³/mol. The van der Waals surface area contributed by atoms with Crippen LogP contribution in [0.25, 0.3) is 10.9 Å². The van der Waals surface area contributed by atoms with Gasteiger partial charge in [-0.2, -0.15) is 0 Å². The van der Waals surface area contributed by atoms with Gasteiger partial charge in [-0.15, -0.1) is 0 Å². The first-order valence-corrected chi connectivity index (χ1v) is 5.29. The van der Waals surface area contributed by atoms with Crippen molar-refractivity contribution in [3.05, 3.63) is 43.6 Å². The molecule has 1 heterocycles. The Labute approximate surface area is 110 Å². The van der Waals surface area contributed by atoms with Crippen LogP contribution in [0.15, 0.2) is 18.2 Å². The number of fused-ring (bicyclic) bond motifs is 1. The molecule has 0 aliphatic heterocycles. The van der Waals surface area contributed by atoms with Crippen molar-refractivity contribution in [2.24, 2.45) is 0 Å². The predicted octanol–water partition coefficient (Wildman–Crippen LogP) is 2.71. The summed E-state index contributed by atoms with van der Waals surface area (Å²) in [5.41, 5.74) is -0.973. The van der Waals surface area contributed by atoms with Crippen molar-refractivity contribution < 1.29 is 14.6 Å². The summed E-state index contributed by atoms with van der Waals surface area (Å²) >= 11 is 5.71. The number of non-ortho nitro benzene ring substituents is 1. The third-order valence-corrected chi connectivity index (χ3v) is 2.67. The molecule has 0 saturated carbocycles. The van der Waals surface area contributed by atoms with E-state index in [1.54, 1.807) is 0 Å². The largest absolute Gasteiger partial charge is 0.489 e. The summed E-state index contributed by atoms with van der Waals surface area (Å²) in [6.45, 7) is 0. The molecule has 0 amide bonds. The lowest BCUT2D eigenvalue weighted by molar-refractivity contribution is -0.393. The molecule has 8 nitrogen and oxygen atoms in total. The van der Waals surface area contributed by atoms with Gasteiger partial charge in [0.05, 0.1) is 28.4 Å². The van der Waals surface area contributed by atoms with Gasteiger partial charge in [0, 0.05) is 0 Å². The zero-order valence-electron chi connectivity index (χ0n) is 9.49. The minimum atomic E-state index is -0.770. The molecule has 9 heteroatoms. The average molecular weight is 284 g/mol. The second kappa shape index (κ2) is 4.65. The Kier molecular flexibility index (Phi) is 3.17. The van der Waals surface area contributed by atoms with E-state index in [1.165, 1.54) is 19.2 Å². The zero-order chi connectivity index (χ0) is 14.2. The second-order valence-corrected chi connectivity index (χ2v) is 3.88. The Morgan fingerprint density at radius 3 is 2.37 bits per heavy atom. The molecule has 0 N–H and O–H groups in total. The fourth-order valence-corrected chi connectivity index (χ4v) is 1.84. The molecule has 0 aliphatic carbocycles. The molecular weight excluding hydrogens is 278 g/mol. The number of pyridine rings is 1. The summed E-state index contributed by atoms with van der Waals surface area (Å²) in [7, 11) is 1.22. The first-order chi connectivity index (χ1) is 8.95. The molecule has 0 unspecified atom stereocenters. The lowest BCUT2D eigenvalue weighted by atomic mass is 10.1. The molecule has 0 saturated heterocycles. The van der Waals surface area contributed by atoms with Gasteiger partial charge >= 0.3 is 5.69 Å². The van der Waals surface area contributed by atoms with Gasteiger partial charge in [-0.3, -0.25) is 20.2 Å². The first-order valence-electron chi connectivity index (χ1n) is 4.91. The highest BCUT2D eigenvalue weighted by Gasteiger charge is 2.27. The van der Waals surface area contributed by atoms with Gasteiger partial charge < -0.3 is 4.74 Å². The maximum atomic E-state index is 11.0. The average Bonchev–Trinajstić information content (AvgIpc) is 2.35. The molecule has 0 bridgehead atoms. The standard InChI is InChI=1S/C10H6ClN3O5/c1-19-10-7(14(17)18)4-6(13(15)16)5-2-3-8(11)12-9(5)10/h2-4H,1H3. The highest BCUT2D eigenvalue weighted by Crippen LogP contribution is 2.40. The van der Waals surface area contributed by atoms with Crippen LogP contribution in [0.2, 0.25) is 5.15 Å². The molecular formula is C10H6ClN3O5. The number of aromatic nitrogens is 1. The highest BCUT2D eigenvalue weighted by molar-refractivity contribution is 6.30. The van der Waals surface area contributed by atoms with E-state index in [4.69, 9.17) is 16.3 Å². The Morgan fingerprint density at radius 1 is 1.21 bits per heavy atom. The molecule has 0 fully saturated rings. The number of ether oxygens (including phenoxy) is 1. The van der Waals surface area contributed by atoms with E-state index in [1.807, 2.05) is 0 Å². The number of halogens is 1. The third-order valence-electron chi connectivity index (χ3n) is 2.46. The second-order valence-electron chi connectivity index (χ2n) is 3.49. The smallest absolute Gasteiger partial charge is 0.320 e. The Hall–Kier alpha value is -2.48. The van der Waals surface area contributed by atoms with E-state index in [0.717, 1.165) is 6.07 Å². The molecule has 0 aliphatic rings. The van der Waals surface area contributed by atoms with Gasteiger partial charge in [-0.05, 0) is 12.1 Å². The van der Waals surface area contributed by atoms with E-state index >= 15 is 0 Å². The van der Waals surface area contributed by atoms with Crippen LogP contribution in [0, 0.1) is 20.2 Å². The molecule has 2 rings (SSSR count). The molecule has 0 spiro atoms. The van der Waals surface area contributed by atoms with Gasteiger partial charge in [0.1, 0.15) is 10.7 Å². The summed E-state index contributed by atoms with van der Waals surface area (Å²) < 4.78 is 4.92. The lowest BCUT2D eigenvalue weighted by Crippen LogP contribution is -1.99. The maximum Gasteiger partial charge on any atom is 0.320 e. The van der Waals surface area contributed by atoms with Crippen molar-refractivity contribution in [3.63, 3.8) is 0 Å². The van der Waals surface area contributed by atoms with Crippen molar-refractivity contribution in [1.82, 2.24) is 4.98 Å². The molecule has 2 aromatic rings. The molecule has 0 radical (unpaired) electrons. The lowest BCUT2D eigenvalue weighted by Gasteiger charge is -2.06. The van der Waals surface area contributed by atoms with Crippen molar-refractivity contribution in [3.8, 4) is 5.75 Å². The zero-order valence-corrected chi connectivity index (χ0v) is 10.2. The van der Waals surface area contributed by atoms with Crippen LogP contribution in [0.3, 0.4) is 0 Å². The normalized spacial score (nSPS) is 10.4. The summed E-state index contributed by atoms with van der Waals surface area (Å²) in [5.74, 6) is -0.159. The highest BCUT2D eigenvalue weighted by atomic mass is 35.5. The van der Waals surface area contributed by atoms with Gasteiger partial charge in [0.2, 0.25) is 5.75 Å². The fraction of sp³-hybridized carbons (Fsp3) is 0.100. The van der Waals surface area contributed by atoms with Crippen LogP contribution in [0.1, 0.15) is 0 Å². The summed E-state index contributed by atoms with van der Waals surface area (Å²) in [6, 6.07) is 3.58. The van der Waals surface area contributed by atoms with E-state index in [2.05, 4.69) is 4.98 Å². The van der Waals surface area contributed by atoms with Gasteiger partial charge in [0.25, 0.3) is 5.69 Å². The monoisotopic (exact) mass is 283 g/mol. The summed E-state index contributed by atoms with van der Waals surface area (Å²) in [4.78, 5) is 24.3. The minimum Gasteiger partial charge on any atom is -0.489 e. The molecule has 1 aromatic carbocycles. The van der Waals surface area contributed by atoms with Crippen LogP contribution in [-0.4, -0.2) is 21.9 Å². The number of benzene rings is 1. The van der Waals surface area contributed by atoms with Crippen molar-refractivity contribution in [2.75, 3.05) is 7.11 Å². The van der Waals surface area contributed by atoms with E-state index in [-0.39, 0.29) is 21.8 Å². The summed E-state index contributed by atoms with van der Waals surface area (Å²) in [5, 5.41) is 22.1. The first kappa shape index (κ1) is 13.0. The maximum absolute atomic E-state index is 11.0. The van der Waals surface area contributed by atoms with Gasteiger partial charge in [-0.1, -0.05) is 11.6 Å². The number of rotatable bonds is 3. The van der Waals surface area contributed by atoms with Crippen LogP contribution in [-0.2, 0) is 0 Å². The number of methoxy groups -OCH3 is 1. The fourth-order valence-electron chi connectivity index (χ4n) is 1.70. The van der Waals surface area contributed by atoms with Crippen LogP contribution < -0.4 is 4.74 Å². The Balaban J connectivity index is 2.98. The van der Waals surface area contributed by atoms with Crippen LogP contribution in [0.5, 0.6) is 5.75 Å². The molecule has 98 valence electrons. The van der Waals surface area contributed by atoms with Gasteiger partial charge in [0.15, 0.2) is 0 Å². The molecule has 0 atom stereocenters. The van der Waals surface area contributed by atoms with E-state index in [0.29, 0.717) is 0 Å². The van der Waals surface area contributed by atoms with Crippen molar-refractivity contribution in [1.29, 1.82) is 0 Å². The quantitative estimate of drug-likeness (QED) is 0.487. The SMILES string of the molecule is COc1c([N+](=O)[O-])cc([N+](=O)[O-])c2ccc(Cl)nc12. The Bertz CT molecular complexity index is 703.